The average molecular weight is 805 g/mol. The molecule has 2 aromatic heterocycles. The standard InChI is InChI=1S/C59H40N4/c1-4-17-39(18-5-1)46-27-15-29-50-56(46)51-30-16-28-47(58(51)62-57(50)41-19-6-2-7-20-41)43-23-14-24-44(37-43)53-38-52(60-59(61-53)42-21-8-3-9-22-42)40-33-35-45(36-34-40)63-54-31-12-10-25-48(54)49-26-11-13-32-55(49)63/h1-38,48,54H. The second-order valence-corrected chi connectivity index (χ2v) is 16.3. The van der Waals surface area contributed by atoms with Gasteiger partial charge in [-0.15, -0.1) is 0 Å². The van der Waals surface area contributed by atoms with E-state index in [0.717, 1.165) is 72.4 Å². The molecule has 2 atom stereocenters. The maximum absolute atomic E-state index is 5.53. The van der Waals surface area contributed by atoms with Gasteiger partial charge < -0.3 is 4.90 Å². The van der Waals surface area contributed by atoms with Crippen LogP contribution in [0.3, 0.4) is 0 Å². The van der Waals surface area contributed by atoms with Crippen LogP contribution >= 0.6 is 0 Å². The molecule has 1 aliphatic carbocycles. The summed E-state index contributed by atoms with van der Waals surface area (Å²) in [6.45, 7) is 0. The van der Waals surface area contributed by atoms with Crippen molar-refractivity contribution in [2.24, 2.45) is 0 Å². The van der Waals surface area contributed by atoms with Crippen LogP contribution in [0.1, 0.15) is 11.5 Å². The molecule has 4 heteroatoms. The summed E-state index contributed by atoms with van der Waals surface area (Å²) in [6.07, 6.45) is 8.97. The van der Waals surface area contributed by atoms with Gasteiger partial charge in [-0.25, -0.2) is 15.0 Å². The molecule has 0 saturated carbocycles. The Labute approximate surface area is 366 Å². The number of aromatic nitrogens is 3. The third-order valence-corrected chi connectivity index (χ3v) is 12.6. The number of rotatable bonds is 7. The SMILES string of the molecule is C1=CC2c3ccccc3N(c3ccc(-c4cc(-c5cccc(-c6cccc7c6nc(-c6ccccc6)c6cccc(-c8ccccc8)c67)c5)nc(-c5ccccc5)n4)cc3)C2C=C1. The number of hydrogen-bond acceptors (Lipinski definition) is 4. The summed E-state index contributed by atoms with van der Waals surface area (Å²) < 4.78 is 0. The Balaban J connectivity index is 0.987. The van der Waals surface area contributed by atoms with Gasteiger partial charge in [0.1, 0.15) is 0 Å². The first-order chi connectivity index (χ1) is 31.2. The van der Waals surface area contributed by atoms with Crippen molar-refractivity contribution in [3.8, 4) is 67.4 Å². The summed E-state index contributed by atoms with van der Waals surface area (Å²) in [6, 6.07) is 73.4. The van der Waals surface area contributed by atoms with Crippen molar-refractivity contribution in [2.45, 2.75) is 12.0 Å². The largest absolute Gasteiger partial charge is 0.333 e. The van der Waals surface area contributed by atoms with Crippen LogP contribution in [0.5, 0.6) is 0 Å². The first-order valence-corrected chi connectivity index (χ1v) is 21.6. The molecule has 0 fully saturated rings. The van der Waals surface area contributed by atoms with E-state index in [1.54, 1.807) is 0 Å². The average Bonchev–Trinajstić information content (AvgIpc) is 3.71. The second-order valence-electron chi connectivity index (χ2n) is 16.3. The maximum Gasteiger partial charge on any atom is 0.160 e. The van der Waals surface area contributed by atoms with Crippen molar-refractivity contribution >= 4 is 33.1 Å². The summed E-state index contributed by atoms with van der Waals surface area (Å²) >= 11 is 0. The number of nitrogens with zero attached hydrogens (tertiary/aromatic N) is 4. The quantitative estimate of drug-likeness (QED) is 0.151. The lowest BCUT2D eigenvalue weighted by atomic mass is 9.91. The zero-order valence-electron chi connectivity index (χ0n) is 34.4. The first-order valence-electron chi connectivity index (χ1n) is 21.6. The van der Waals surface area contributed by atoms with Crippen LogP contribution < -0.4 is 4.90 Å². The number of fused-ring (bicyclic) bond motifs is 6. The highest BCUT2D eigenvalue weighted by Gasteiger charge is 2.37. The molecule has 0 bridgehead atoms. The van der Waals surface area contributed by atoms with Gasteiger partial charge in [0, 0.05) is 61.3 Å². The minimum Gasteiger partial charge on any atom is -0.333 e. The summed E-state index contributed by atoms with van der Waals surface area (Å²) in [5.74, 6) is 1.02. The summed E-state index contributed by atoms with van der Waals surface area (Å²) in [5.41, 5.74) is 16.1. The highest BCUT2D eigenvalue weighted by atomic mass is 15.2. The molecular weight excluding hydrogens is 765 g/mol. The first kappa shape index (κ1) is 36.6. The van der Waals surface area contributed by atoms with Crippen molar-refractivity contribution in [1.82, 2.24) is 15.0 Å². The molecule has 63 heavy (non-hydrogen) atoms. The van der Waals surface area contributed by atoms with Gasteiger partial charge in [-0.1, -0.05) is 200 Å². The number of allylic oxidation sites excluding steroid dienone is 2. The number of para-hydroxylation sites is 2. The van der Waals surface area contributed by atoms with Crippen LogP contribution in [0.4, 0.5) is 11.4 Å². The molecule has 4 nitrogen and oxygen atoms in total. The predicted octanol–water partition coefficient (Wildman–Crippen LogP) is 14.9. The highest BCUT2D eigenvalue weighted by Crippen LogP contribution is 2.48. The molecule has 0 N–H and O–H groups in total. The topological polar surface area (TPSA) is 41.9 Å². The Bertz CT molecular complexity index is 3390. The highest BCUT2D eigenvalue weighted by molar-refractivity contribution is 6.19. The van der Waals surface area contributed by atoms with Gasteiger partial charge >= 0.3 is 0 Å². The van der Waals surface area contributed by atoms with Crippen LogP contribution in [0.15, 0.2) is 231 Å². The molecular formula is C59H40N4. The number of anilines is 2. The van der Waals surface area contributed by atoms with Crippen molar-refractivity contribution in [3.05, 3.63) is 236 Å². The van der Waals surface area contributed by atoms with Gasteiger partial charge in [0.25, 0.3) is 0 Å². The van der Waals surface area contributed by atoms with E-state index < -0.39 is 0 Å². The Morgan fingerprint density at radius 3 is 1.78 bits per heavy atom. The van der Waals surface area contributed by atoms with E-state index in [1.807, 2.05) is 18.2 Å². The number of hydrogen-bond donors (Lipinski definition) is 0. The zero-order valence-corrected chi connectivity index (χ0v) is 34.4. The van der Waals surface area contributed by atoms with Gasteiger partial charge in [0.15, 0.2) is 5.82 Å². The van der Waals surface area contributed by atoms with Gasteiger partial charge in [0.2, 0.25) is 0 Å². The fourth-order valence-corrected chi connectivity index (χ4v) is 9.67. The fraction of sp³-hybridized carbons (Fsp3) is 0.0339. The molecule has 0 amide bonds. The molecule has 1 aliphatic heterocycles. The molecule has 0 radical (unpaired) electrons. The summed E-state index contributed by atoms with van der Waals surface area (Å²) in [5, 5.41) is 3.45. The summed E-state index contributed by atoms with van der Waals surface area (Å²) in [7, 11) is 0. The van der Waals surface area contributed by atoms with Crippen LogP contribution in [0, 0.1) is 0 Å². The third-order valence-electron chi connectivity index (χ3n) is 12.6. The molecule has 10 aromatic rings. The Morgan fingerprint density at radius 1 is 0.397 bits per heavy atom. The Kier molecular flexibility index (Phi) is 8.93. The second kappa shape index (κ2) is 15.4. The molecule has 296 valence electrons. The molecule has 8 aromatic carbocycles. The van der Waals surface area contributed by atoms with Gasteiger partial charge in [-0.2, -0.15) is 0 Å². The van der Waals surface area contributed by atoms with Crippen molar-refractivity contribution in [3.63, 3.8) is 0 Å². The van der Waals surface area contributed by atoms with Crippen LogP contribution in [-0.2, 0) is 0 Å². The Morgan fingerprint density at radius 2 is 1.00 bits per heavy atom. The fourth-order valence-electron chi connectivity index (χ4n) is 9.67. The lowest BCUT2D eigenvalue weighted by Gasteiger charge is -2.28. The van der Waals surface area contributed by atoms with E-state index >= 15 is 0 Å². The Hall–Kier alpha value is -8.21. The lowest BCUT2D eigenvalue weighted by Crippen LogP contribution is -2.28. The maximum atomic E-state index is 5.53. The van der Waals surface area contributed by atoms with E-state index in [9.17, 15) is 0 Å². The molecule has 0 saturated heterocycles. The number of pyridine rings is 1. The van der Waals surface area contributed by atoms with E-state index in [1.165, 1.54) is 27.8 Å². The number of benzene rings is 8. The van der Waals surface area contributed by atoms with E-state index in [2.05, 4.69) is 217 Å². The molecule has 3 heterocycles. The zero-order chi connectivity index (χ0) is 41.7. The molecule has 2 aliphatic rings. The van der Waals surface area contributed by atoms with Crippen molar-refractivity contribution in [1.29, 1.82) is 0 Å². The van der Waals surface area contributed by atoms with Crippen LogP contribution in [0.2, 0.25) is 0 Å². The van der Waals surface area contributed by atoms with E-state index in [4.69, 9.17) is 15.0 Å². The smallest absolute Gasteiger partial charge is 0.160 e. The molecule has 0 spiro atoms. The van der Waals surface area contributed by atoms with E-state index in [-0.39, 0.29) is 6.04 Å². The monoisotopic (exact) mass is 804 g/mol. The predicted molar refractivity (Wildman–Crippen MR) is 261 cm³/mol. The van der Waals surface area contributed by atoms with Gasteiger partial charge in [0.05, 0.1) is 28.6 Å². The van der Waals surface area contributed by atoms with Gasteiger partial charge in [-0.05, 0) is 52.6 Å². The van der Waals surface area contributed by atoms with Gasteiger partial charge in [-0.3, -0.25) is 0 Å². The summed E-state index contributed by atoms with van der Waals surface area (Å²) in [4.78, 5) is 18.4. The minimum absolute atomic E-state index is 0.243. The van der Waals surface area contributed by atoms with Crippen molar-refractivity contribution < 1.29 is 0 Å². The van der Waals surface area contributed by atoms with Crippen LogP contribution in [-0.4, -0.2) is 21.0 Å². The normalized spacial score (nSPS) is 15.1. The van der Waals surface area contributed by atoms with Crippen molar-refractivity contribution in [2.75, 3.05) is 4.90 Å². The minimum atomic E-state index is 0.243. The van der Waals surface area contributed by atoms with Crippen LogP contribution in [0.25, 0.3) is 89.1 Å². The molecule has 12 rings (SSSR count). The van der Waals surface area contributed by atoms with E-state index in [0.29, 0.717) is 11.7 Å². The molecule has 2 unspecified atom stereocenters. The lowest BCUT2D eigenvalue weighted by molar-refractivity contribution is 0.745. The third kappa shape index (κ3) is 6.43.